The minimum Gasteiger partial charge on any atom is -0.306 e. The minimum absolute atomic E-state index is 0.148. The molecule has 1 N–H and O–H groups in total. The predicted molar refractivity (Wildman–Crippen MR) is 70.7 cm³/mol. The first-order chi connectivity index (χ1) is 8.58. The molecule has 0 fully saturated rings. The van der Waals surface area contributed by atoms with Gasteiger partial charge in [-0.3, -0.25) is 0 Å². The topological polar surface area (TPSA) is 12.0 Å². The second kappa shape index (κ2) is 5.59. The Morgan fingerprint density at radius 1 is 1.28 bits per heavy atom. The number of hydrogen-bond acceptors (Lipinski definition) is 2. The molecule has 0 aliphatic rings. The summed E-state index contributed by atoms with van der Waals surface area (Å²) in [6.07, 6.45) is 0. The zero-order chi connectivity index (χ0) is 13.1. The van der Waals surface area contributed by atoms with Gasteiger partial charge in [0.2, 0.25) is 0 Å². The quantitative estimate of drug-likeness (QED) is 0.876. The third kappa shape index (κ3) is 2.94. The maximum atomic E-state index is 13.6. The first-order valence-corrected chi connectivity index (χ1v) is 6.72. The summed E-state index contributed by atoms with van der Waals surface area (Å²) in [6, 6.07) is 3.54. The van der Waals surface area contributed by atoms with E-state index in [9.17, 15) is 8.78 Å². The van der Waals surface area contributed by atoms with Crippen molar-refractivity contribution in [2.24, 2.45) is 0 Å². The average molecular weight is 267 g/mol. The molecule has 0 saturated heterocycles. The van der Waals surface area contributed by atoms with Gasteiger partial charge in [0.1, 0.15) is 11.6 Å². The van der Waals surface area contributed by atoms with E-state index in [0.29, 0.717) is 12.1 Å². The second-order valence-corrected chi connectivity index (χ2v) is 5.09. The van der Waals surface area contributed by atoms with E-state index in [4.69, 9.17) is 0 Å². The molecule has 1 atom stereocenters. The maximum absolute atomic E-state index is 13.6. The molecule has 1 nitrogen and oxygen atoms in total. The first kappa shape index (κ1) is 13.2. The molecule has 0 aliphatic carbocycles. The van der Waals surface area contributed by atoms with Gasteiger partial charge < -0.3 is 5.32 Å². The van der Waals surface area contributed by atoms with Crippen LogP contribution in [0.1, 0.15) is 29.7 Å². The van der Waals surface area contributed by atoms with Crippen LogP contribution in [0, 0.1) is 18.6 Å². The predicted octanol–water partition coefficient (Wildman–Crippen LogP) is 4.19. The van der Waals surface area contributed by atoms with Gasteiger partial charge in [-0.1, -0.05) is 6.07 Å². The Labute approximate surface area is 109 Å². The molecule has 1 unspecified atom stereocenters. The van der Waals surface area contributed by atoms with Gasteiger partial charge in [-0.15, -0.1) is 0 Å². The number of halogens is 2. The van der Waals surface area contributed by atoms with E-state index in [0.717, 1.165) is 6.07 Å². The highest BCUT2D eigenvalue weighted by Gasteiger charge is 2.11. The van der Waals surface area contributed by atoms with E-state index in [-0.39, 0.29) is 6.04 Å². The summed E-state index contributed by atoms with van der Waals surface area (Å²) < 4.78 is 26.4. The summed E-state index contributed by atoms with van der Waals surface area (Å²) in [7, 11) is 0. The van der Waals surface area contributed by atoms with E-state index >= 15 is 0 Å². The van der Waals surface area contributed by atoms with Crippen molar-refractivity contribution in [1.82, 2.24) is 5.32 Å². The molecule has 2 aromatic rings. The van der Waals surface area contributed by atoms with Crippen molar-refractivity contribution in [3.05, 3.63) is 57.3 Å². The Morgan fingerprint density at radius 2 is 2.06 bits per heavy atom. The van der Waals surface area contributed by atoms with Crippen molar-refractivity contribution >= 4 is 11.3 Å². The third-order valence-electron chi connectivity index (χ3n) is 2.99. The fraction of sp³-hybridized carbons (Fsp3) is 0.286. The highest BCUT2D eigenvalue weighted by atomic mass is 32.1. The molecule has 0 saturated carbocycles. The lowest BCUT2D eigenvalue weighted by Crippen LogP contribution is -2.19. The SMILES string of the molecule is Cc1cscc1CNC(C)c1ccc(F)cc1F. The fourth-order valence-corrected chi connectivity index (χ4v) is 2.65. The summed E-state index contributed by atoms with van der Waals surface area (Å²) in [4.78, 5) is 0. The standard InChI is InChI=1S/C14H15F2NS/c1-9-7-18-8-11(9)6-17-10(2)13-4-3-12(15)5-14(13)16/h3-5,7-8,10,17H,6H2,1-2H3. The van der Waals surface area contributed by atoms with Gasteiger partial charge in [-0.25, -0.2) is 8.78 Å². The molecule has 96 valence electrons. The van der Waals surface area contributed by atoms with Gasteiger partial charge in [-0.05, 0) is 41.8 Å². The van der Waals surface area contributed by atoms with Crippen molar-refractivity contribution < 1.29 is 8.78 Å². The van der Waals surface area contributed by atoms with Gasteiger partial charge in [0.25, 0.3) is 0 Å². The van der Waals surface area contributed by atoms with E-state index in [1.54, 1.807) is 11.3 Å². The van der Waals surface area contributed by atoms with Crippen LogP contribution in [0.3, 0.4) is 0 Å². The van der Waals surface area contributed by atoms with E-state index < -0.39 is 11.6 Å². The van der Waals surface area contributed by atoms with E-state index in [1.807, 2.05) is 6.92 Å². The molecule has 0 spiro atoms. The van der Waals surface area contributed by atoms with Crippen LogP contribution in [0.4, 0.5) is 8.78 Å². The van der Waals surface area contributed by atoms with E-state index in [1.165, 1.54) is 23.3 Å². The Balaban J connectivity index is 2.03. The zero-order valence-corrected chi connectivity index (χ0v) is 11.2. The molecular formula is C14H15F2NS. The number of nitrogens with one attached hydrogen (secondary N) is 1. The van der Waals surface area contributed by atoms with Crippen molar-refractivity contribution in [3.8, 4) is 0 Å². The fourth-order valence-electron chi connectivity index (χ4n) is 1.79. The maximum Gasteiger partial charge on any atom is 0.130 e. The summed E-state index contributed by atoms with van der Waals surface area (Å²) >= 11 is 1.66. The Kier molecular flexibility index (Phi) is 4.09. The van der Waals surface area contributed by atoms with Crippen LogP contribution >= 0.6 is 11.3 Å². The van der Waals surface area contributed by atoms with Gasteiger partial charge in [0, 0.05) is 24.2 Å². The van der Waals surface area contributed by atoms with Gasteiger partial charge in [-0.2, -0.15) is 11.3 Å². The van der Waals surface area contributed by atoms with Crippen LogP contribution in [0.2, 0.25) is 0 Å². The molecule has 1 aromatic heterocycles. The Bertz CT molecular complexity index is 536. The van der Waals surface area contributed by atoms with Crippen LogP contribution in [0.25, 0.3) is 0 Å². The summed E-state index contributed by atoms with van der Waals surface area (Å²) in [5.74, 6) is -1.05. The van der Waals surface area contributed by atoms with Crippen molar-refractivity contribution in [2.45, 2.75) is 26.4 Å². The van der Waals surface area contributed by atoms with Gasteiger partial charge in [0.15, 0.2) is 0 Å². The Hall–Kier alpha value is -1.26. The number of thiophene rings is 1. The lowest BCUT2D eigenvalue weighted by Gasteiger charge is -2.15. The van der Waals surface area contributed by atoms with E-state index in [2.05, 4.69) is 23.0 Å². The molecule has 1 heterocycles. The number of aryl methyl sites for hydroxylation is 1. The third-order valence-corrected chi connectivity index (χ3v) is 3.90. The Morgan fingerprint density at radius 3 is 2.67 bits per heavy atom. The number of benzene rings is 1. The van der Waals surface area contributed by atoms with Gasteiger partial charge in [0.05, 0.1) is 0 Å². The summed E-state index contributed by atoms with van der Waals surface area (Å²) in [6.45, 7) is 4.61. The normalized spacial score (nSPS) is 12.7. The van der Waals surface area contributed by atoms with Crippen molar-refractivity contribution in [3.63, 3.8) is 0 Å². The summed E-state index contributed by atoms with van der Waals surface area (Å²) in [5, 5.41) is 7.41. The van der Waals surface area contributed by atoms with Crippen LogP contribution in [0.5, 0.6) is 0 Å². The second-order valence-electron chi connectivity index (χ2n) is 4.35. The molecule has 0 amide bonds. The molecule has 0 aliphatic heterocycles. The molecule has 18 heavy (non-hydrogen) atoms. The van der Waals surface area contributed by atoms with Crippen molar-refractivity contribution in [1.29, 1.82) is 0 Å². The molecule has 0 radical (unpaired) electrons. The zero-order valence-electron chi connectivity index (χ0n) is 10.3. The lowest BCUT2D eigenvalue weighted by molar-refractivity contribution is 0.517. The van der Waals surface area contributed by atoms with Crippen LogP contribution in [-0.2, 0) is 6.54 Å². The van der Waals surface area contributed by atoms with Crippen molar-refractivity contribution in [2.75, 3.05) is 0 Å². The van der Waals surface area contributed by atoms with Gasteiger partial charge >= 0.3 is 0 Å². The van der Waals surface area contributed by atoms with Crippen LogP contribution < -0.4 is 5.32 Å². The van der Waals surface area contributed by atoms with Crippen LogP contribution in [0.15, 0.2) is 29.0 Å². The average Bonchev–Trinajstić information content (AvgIpc) is 2.72. The first-order valence-electron chi connectivity index (χ1n) is 5.78. The van der Waals surface area contributed by atoms with Crippen LogP contribution in [-0.4, -0.2) is 0 Å². The summed E-state index contributed by atoms with van der Waals surface area (Å²) in [5.41, 5.74) is 2.94. The molecule has 1 aromatic carbocycles. The molecule has 0 bridgehead atoms. The number of hydrogen-bond donors (Lipinski definition) is 1. The lowest BCUT2D eigenvalue weighted by atomic mass is 10.1. The minimum atomic E-state index is -0.544. The molecule has 4 heteroatoms. The largest absolute Gasteiger partial charge is 0.306 e. The smallest absolute Gasteiger partial charge is 0.130 e. The monoisotopic (exact) mass is 267 g/mol. The number of rotatable bonds is 4. The highest BCUT2D eigenvalue weighted by Crippen LogP contribution is 2.19. The molecule has 2 rings (SSSR count). The highest BCUT2D eigenvalue weighted by molar-refractivity contribution is 7.08. The molecular weight excluding hydrogens is 252 g/mol.